The fourth-order valence-electron chi connectivity index (χ4n) is 1.96. The van der Waals surface area contributed by atoms with Gasteiger partial charge in [-0.3, -0.25) is 23.8 Å². The third-order valence-electron chi connectivity index (χ3n) is 3.35. The molecule has 0 aromatic heterocycles. The first kappa shape index (κ1) is 23.0. The monoisotopic (exact) mass is 415 g/mol. The number of allylic oxidation sites excluding steroid dienone is 3. The molecule has 1 heterocycles. The first-order valence-corrected chi connectivity index (χ1v) is 9.66. The molecule has 12 heteroatoms. The van der Waals surface area contributed by atoms with E-state index in [0.29, 0.717) is 10.6 Å². The summed E-state index contributed by atoms with van der Waals surface area (Å²) in [4.78, 5) is 52.3. The van der Waals surface area contributed by atoms with Gasteiger partial charge in [-0.2, -0.15) is 8.42 Å². The van der Waals surface area contributed by atoms with Crippen molar-refractivity contribution in [3.05, 3.63) is 36.6 Å². The van der Waals surface area contributed by atoms with Crippen LogP contribution >= 0.6 is 0 Å². The average Bonchev–Trinajstić information content (AvgIpc) is 2.90. The van der Waals surface area contributed by atoms with E-state index in [0.717, 1.165) is 4.90 Å². The quantitative estimate of drug-likeness (QED) is 0.307. The minimum Gasteiger partial charge on any atom is -0.355 e. The van der Waals surface area contributed by atoms with Gasteiger partial charge in [0.05, 0.1) is 12.2 Å². The van der Waals surface area contributed by atoms with E-state index >= 15 is 0 Å². The Morgan fingerprint density at radius 2 is 1.93 bits per heavy atom. The van der Waals surface area contributed by atoms with Gasteiger partial charge in [0.15, 0.2) is 0 Å². The number of carbonyl (C=O) groups excluding carboxylic acids is 4. The summed E-state index contributed by atoms with van der Waals surface area (Å²) in [5.41, 5.74) is 0.423. The van der Waals surface area contributed by atoms with Crippen molar-refractivity contribution in [2.45, 2.75) is 19.3 Å². The summed E-state index contributed by atoms with van der Waals surface area (Å²) in [6.07, 6.45) is 4.38. The summed E-state index contributed by atoms with van der Waals surface area (Å²) in [6.45, 7) is 3.25. The normalized spacial score (nSPS) is 15.1. The van der Waals surface area contributed by atoms with Gasteiger partial charge in [0, 0.05) is 32.6 Å². The Hall–Kier alpha value is -2.99. The zero-order valence-electron chi connectivity index (χ0n) is 15.2. The maximum absolute atomic E-state index is 11.9. The number of hydrogen-bond donors (Lipinski definition) is 2. The van der Waals surface area contributed by atoms with Gasteiger partial charge in [-0.15, -0.1) is 5.06 Å². The van der Waals surface area contributed by atoms with Crippen molar-refractivity contribution in [2.24, 2.45) is 0 Å². The standard InChI is InChI=1S/C16H21N3O8S/c1-3-4-12(11-13(20)17-8-10-28(24,25)26)7-9-18(2)16(23)27-19-14(21)5-6-15(19)22/h3-4,7,9H,1,5-6,8,10-11H2,2H3,(H,17,20)(H,24,25,26)/b9-7-,12-4+. The molecular weight excluding hydrogens is 394 g/mol. The number of hydrogen-bond acceptors (Lipinski definition) is 7. The lowest BCUT2D eigenvalue weighted by Crippen LogP contribution is -2.36. The van der Waals surface area contributed by atoms with E-state index in [1.54, 1.807) is 0 Å². The van der Waals surface area contributed by atoms with Crippen molar-refractivity contribution < 1.29 is 37.0 Å². The van der Waals surface area contributed by atoms with E-state index < -0.39 is 39.7 Å². The highest BCUT2D eigenvalue weighted by Crippen LogP contribution is 2.13. The molecule has 0 spiro atoms. The average molecular weight is 415 g/mol. The van der Waals surface area contributed by atoms with Gasteiger partial charge in [0.2, 0.25) is 5.91 Å². The zero-order valence-corrected chi connectivity index (χ0v) is 16.0. The van der Waals surface area contributed by atoms with Crippen molar-refractivity contribution in [1.29, 1.82) is 0 Å². The van der Waals surface area contributed by atoms with Crippen LogP contribution in [0.2, 0.25) is 0 Å². The van der Waals surface area contributed by atoms with Crippen LogP contribution in [0.25, 0.3) is 0 Å². The van der Waals surface area contributed by atoms with Gasteiger partial charge in [-0.1, -0.05) is 18.7 Å². The second-order valence-electron chi connectivity index (χ2n) is 5.66. The van der Waals surface area contributed by atoms with Crippen LogP contribution in [0, 0.1) is 0 Å². The molecule has 0 unspecified atom stereocenters. The van der Waals surface area contributed by atoms with E-state index in [2.05, 4.69) is 11.9 Å². The highest BCUT2D eigenvalue weighted by Gasteiger charge is 2.33. The molecule has 0 aromatic rings. The van der Waals surface area contributed by atoms with Crippen LogP contribution in [0.1, 0.15) is 19.3 Å². The van der Waals surface area contributed by atoms with Crippen LogP contribution in [-0.4, -0.2) is 66.1 Å². The van der Waals surface area contributed by atoms with Crippen LogP contribution in [0.5, 0.6) is 0 Å². The Labute approximate surface area is 162 Å². The molecule has 0 radical (unpaired) electrons. The van der Waals surface area contributed by atoms with Crippen LogP contribution in [-0.2, 0) is 29.3 Å². The van der Waals surface area contributed by atoms with Gasteiger partial charge < -0.3 is 10.2 Å². The molecule has 0 atom stereocenters. The van der Waals surface area contributed by atoms with Crippen molar-refractivity contribution in [2.75, 3.05) is 19.3 Å². The number of nitrogens with zero attached hydrogens (tertiary/aromatic N) is 2. The van der Waals surface area contributed by atoms with Crippen molar-refractivity contribution in [1.82, 2.24) is 15.3 Å². The van der Waals surface area contributed by atoms with Crippen molar-refractivity contribution >= 4 is 33.9 Å². The molecule has 0 bridgehead atoms. The molecule has 1 saturated heterocycles. The summed E-state index contributed by atoms with van der Waals surface area (Å²) < 4.78 is 29.9. The van der Waals surface area contributed by atoms with Gasteiger partial charge in [-0.05, 0) is 11.6 Å². The number of rotatable bonds is 9. The molecule has 0 saturated carbocycles. The molecule has 1 rings (SSSR count). The smallest absolute Gasteiger partial charge is 0.355 e. The Morgan fingerprint density at radius 1 is 1.32 bits per heavy atom. The molecule has 154 valence electrons. The van der Waals surface area contributed by atoms with Crippen LogP contribution in [0.15, 0.2) is 36.6 Å². The number of nitrogens with one attached hydrogen (secondary N) is 1. The first-order chi connectivity index (χ1) is 13.0. The molecule has 1 fully saturated rings. The van der Waals surface area contributed by atoms with Crippen LogP contribution in [0.4, 0.5) is 4.79 Å². The molecule has 28 heavy (non-hydrogen) atoms. The Bertz CT molecular complexity index is 800. The minimum atomic E-state index is -4.18. The lowest BCUT2D eigenvalue weighted by atomic mass is 10.1. The zero-order chi connectivity index (χ0) is 21.3. The predicted molar refractivity (Wildman–Crippen MR) is 96.8 cm³/mol. The fraction of sp³-hybridized carbons (Fsp3) is 0.375. The van der Waals surface area contributed by atoms with Gasteiger partial charge >= 0.3 is 6.09 Å². The highest BCUT2D eigenvalue weighted by molar-refractivity contribution is 7.85. The van der Waals surface area contributed by atoms with E-state index in [9.17, 15) is 27.6 Å². The number of imide groups is 1. The Balaban J connectivity index is 2.60. The van der Waals surface area contributed by atoms with Gasteiger partial charge in [0.25, 0.3) is 21.9 Å². The summed E-state index contributed by atoms with van der Waals surface area (Å²) in [5, 5.41) is 2.73. The third kappa shape index (κ3) is 8.14. The highest BCUT2D eigenvalue weighted by atomic mass is 32.2. The Morgan fingerprint density at radius 3 is 2.46 bits per heavy atom. The van der Waals surface area contributed by atoms with Crippen LogP contribution < -0.4 is 5.32 Å². The summed E-state index contributed by atoms with van der Waals surface area (Å²) in [6, 6.07) is 0. The lowest BCUT2D eigenvalue weighted by molar-refractivity contribution is -0.172. The summed E-state index contributed by atoms with van der Waals surface area (Å²) in [7, 11) is -2.86. The Kier molecular flexibility index (Phi) is 8.54. The second-order valence-corrected chi connectivity index (χ2v) is 7.23. The first-order valence-electron chi connectivity index (χ1n) is 8.05. The maximum Gasteiger partial charge on any atom is 0.438 e. The molecule has 2 N–H and O–H groups in total. The molecule has 4 amide bonds. The molecule has 1 aliphatic heterocycles. The fourth-order valence-corrected chi connectivity index (χ4v) is 2.32. The van der Waals surface area contributed by atoms with E-state index in [1.165, 1.54) is 31.5 Å². The molecule has 0 aliphatic carbocycles. The summed E-state index contributed by atoms with van der Waals surface area (Å²) >= 11 is 0. The van der Waals surface area contributed by atoms with Crippen LogP contribution in [0.3, 0.4) is 0 Å². The largest absolute Gasteiger partial charge is 0.438 e. The number of carbonyl (C=O) groups is 4. The summed E-state index contributed by atoms with van der Waals surface area (Å²) in [5.74, 6) is -2.34. The third-order valence-corrected chi connectivity index (χ3v) is 4.07. The molecule has 11 nitrogen and oxygen atoms in total. The number of amides is 4. The topological polar surface area (TPSA) is 150 Å². The van der Waals surface area contributed by atoms with Gasteiger partial charge in [0.1, 0.15) is 0 Å². The minimum absolute atomic E-state index is 0.0232. The number of hydroxylamine groups is 2. The van der Waals surface area contributed by atoms with Crippen molar-refractivity contribution in [3.63, 3.8) is 0 Å². The lowest BCUT2D eigenvalue weighted by Gasteiger charge is -2.17. The molecular formula is C16H21N3O8S. The van der Waals surface area contributed by atoms with E-state index in [1.807, 2.05) is 0 Å². The molecule has 1 aliphatic rings. The molecule has 0 aromatic carbocycles. The second kappa shape index (κ2) is 10.4. The SMILES string of the molecule is C=C/C=C(\C=C/N(C)C(=O)ON1C(=O)CCC1=O)CC(=O)NCCS(=O)(=O)O. The predicted octanol–water partition coefficient (Wildman–Crippen LogP) is 0.139. The van der Waals surface area contributed by atoms with Gasteiger partial charge in [-0.25, -0.2) is 4.79 Å². The van der Waals surface area contributed by atoms with Crippen molar-refractivity contribution in [3.8, 4) is 0 Å². The van der Waals surface area contributed by atoms with E-state index in [-0.39, 0.29) is 25.8 Å². The van der Waals surface area contributed by atoms with E-state index in [4.69, 9.17) is 9.39 Å². The maximum atomic E-state index is 11.9.